The van der Waals surface area contributed by atoms with Crippen LogP contribution in [0.25, 0.3) is 0 Å². The van der Waals surface area contributed by atoms with Crippen LogP contribution in [-0.2, 0) is 20.0 Å². The third-order valence-corrected chi connectivity index (χ3v) is 2.16. The van der Waals surface area contributed by atoms with Gasteiger partial charge < -0.3 is 9.84 Å². The van der Waals surface area contributed by atoms with Gasteiger partial charge in [-0.1, -0.05) is 5.16 Å². The molecule has 0 amide bonds. The van der Waals surface area contributed by atoms with Crippen LogP contribution in [0.15, 0.2) is 23.2 Å². The summed E-state index contributed by atoms with van der Waals surface area (Å²) in [5.74, 6) is 0.729. The first-order valence-electron chi connectivity index (χ1n) is 4.79. The molecule has 0 aliphatic heterocycles. The highest BCUT2D eigenvalue weighted by molar-refractivity contribution is 4.99. The maximum absolute atomic E-state index is 4.63. The molecule has 0 saturated heterocycles. The molecule has 2 aromatic rings. The van der Waals surface area contributed by atoms with E-state index in [1.165, 1.54) is 6.39 Å². The van der Waals surface area contributed by atoms with Gasteiger partial charge in [-0.25, -0.2) is 0 Å². The molecule has 80 valence electrons. The fourth-order valence-electron chi connectivity index (χ4n) is 1.29. The zero-order chi connectivity index (χ0) is 10.5. The summed E-state index contributed by atoms with van der Waals surface area (Å²) in [6.45, 7) is 1.62. The van der Waals surface area contributed by atoms with Gasteiger partial charge >= 0.3 is 0 Å². The normalized spacial score (nSPS) is 10.7. The fraction of sp³-hybridized carbons (Fsp3) is 0.444. The summed E-state index contributed by atoms with van der Waals surface area (Å²) >= 11 is 0. The molecule has 0 spiro atoms. The molecule has 2 aromatic heterocycles. The Kier molecular flexibility index (Phi) is 3.08. The van der Waals surface area contributed by atoms with E-state index in [-0.39, 0.29) is 0 Å². The van der Waals surface area contributed by atoms with Crippen LogP contribution >= 0.6 is 0 Å². The Hall–Kier alpha value is -1.69. The van der Waals surface area contributed by atoms with E-state index in [1.807, 2.05) is 17.8 Å². The molecule has 2 heterocycles. The second kappa shape index (κ2) is 4.70. The summed E-state index contributed by atoms with van der Waals surface area (Å²) in [7, 11) is 1.93. The van der Waals surface area contributed by atoms with Crippen molar-refractivity contribution in [3.63, 3.8) is 0 Å². The first-order chi connectivity index (χ1) is 7.36. The number of aryl methyl sites for hydroxylation is 1. The van der Waals surface area contributed by atoms with E-state index in [9.17, 15) is 0 Å². The summed E-state index contributed by atoms with van der Waals surface area (Å²) in [6, 6.07) is 1.99. The van der Waals surface area contributed by atoms with Gasteiger partial charge in [-0.3, -0.25) is 4.68 Å². The molecule has 2 rings (SSSR count). The van der Waals surface area contributed by atoms with E-state index in [2.05, 4.69) is 25.1 Å². The summed E-state index contributed by atoms with van der Waals surface area (Å²) in [5.41, 5.74) is 1.16. The van der Waals surface area contributed by atoms with Crippen molar-refractivity contribution >= 4 is 0 Å². The molecule has 0 radical (unpaired) electrons. The number of aromatic nitrogens is 4. The van der Waals surface area contributed by atoms with Crippen LogP contribution in [0, 0.1) is 0 Å². The lowest BCUT2D eigenvalue weighted by Gasteiger charge is -2.02. The van der Waals surface area contributed by atoms with Crippen LogP contribution in [0.4, 0.5) is 0 Å². The average molecular weight is 207 g/mol. The highest BCUT2D eigenvalue weighted by atomic mass is 16.5. The Balaban J connectivity index is 1.70. The summed E-state index contributed by atoms with van der Waals surface area (Å²) < 4.78 is 6.48. The van der Waals surface area contributed by atoms with Crippen molar-refractivity contribution in [1.29, 1.82) is 0 Å². The largest absolute Gasteiger partial charge is 0.343 e. The van der Waals surface area contributed by atoms with E-state index >= 15 is 0 Å². The Bertz CT molecular complexity index is 394. The molecule has 0 bridgehead atoms. The van der Waals surface area contributed by atoms with Crippen molar-refractivity contribution in [3.8, 4) is 0 Å². The molecule has 6 heteroatoms. The quantitative estimate of drug-likeness (QED) is 0.706. The molecule has 0 saturated carbocycles. The second-order valence-corrected chi connectivity index (χ2v) is 3.22. The van der Waals surface area contributed by atoms with Gasteiger partial charge in [-0.15, -0.1) is 0 Å². The molecule has 0 unspecified atom stereocenters. The SMILES string of the molecule is Cn1nccc1CNCCc1ncon1. The zero-order valence-electron chi connectivity index (χ0n) is 8.55. The molecule has 1 N–H and O–H groups in total. The van der Waals surface area contributed by atoms with Gasteiger partial charge in [-0.05, 0) is 6.07 Å². The summed E-state index contributed by atoms with van der Waals surface area (Å²) in [6.07, 6.45) is 3.90. The van der Waals surface area contributed by atoms with Crippen LogP contribution in [0.3, 0.4) is 0 Å². The Morgan fingerprint density at radius 2 is 2.47 bits per heavy atom. The van der Waals surface area contributed by atoms with E-state index in [4.69, 9.17) is 0 Å². The maximum atomic E-state index is 4.63. The molecule has 0 aliphatic rings. The topological polar surface area (TPSA) is 68.8 Å². The van der Waals surface area contributed by atoms with Gasteiger partial charge in [0, 0.05) is 32.8 Å². The maximum Gasteiger partial charge on any atom is 0.213 e. The van der Waals surface area contributed by atoms with E-state index in [0.717, 1.165) is 31.0 Å². The van der Waals surface area contributed by atoms with Gasteiger partial charge in [0.05, 0.1) is 5.69 Å². The molecule has 0 fully saturated rings. The molecule has 0 aliphatic carbocycles. The Labute approximate surface area is 87.3 Å². The summed E-state index contributed by atoms with van der Waals surface area (Å²) in [5, 5.41) is 11.1. The van der Waals surface area contributed by atoms with Crippen molar-refractivity contribution in [3.05, 3.63) is 30.2 Å². The van der Waals surface area contributed by atoms with Crippen LogP contribution in [0.5, 0.6) is 0 Å². The van der Waals surface area contributed by atoms with Crippen molar-refractivity contribution in [1.82, 2.24) is 25.2 Å². The molecular formula is C9H13N5O. The van der Waals surface area contributed by atoms with Crippen LogP contribution in [-0.4, -0.2) is 26.5 Å². The number of nitrogens with zero attached hydrogens (tertiary/aromatic N) is 4. The zero-order valence-corrected chi connectivity index (χ0v) is 8.55. The standard InChI is InChI=1S/C9H13N5O/c1-14-8(2-5-12-14)6-10-4-3-9-11-7-15-13-9/h2,5,7,10H,3-4,6H2,1H3. The lowest BCUT2D eigenvalue weighted by Crippen LogP contribution is -2.18. The van der Waals surface area contributed by atoms with Gasteiger partial charge in [0.1, 0.15) is 0 Å². The minimum atomic E-state index is 0.729. The Morgan fingerprint density at radius 1 is 1.53 bits per heavy atom. The minimum absolute atomic E-state index is 0.729. The highest BCUT2D eigenvalue weighted by Gasteiger charge is 1.99. The van der Waals surface area contributed by atoms with E-state index in [1.54, 1.807) is 6.20 Å². The van der Waals surface area contributed by atoms with Gasteiger partial charge in [0.15, 0.2) is 5.82 Å². The minimum Gasteiger partial charge on any atom is -0.343 e. The smallest absolute Gasteiger partial charge is 0.213 e. The molecule has 6 nitrogen and oxygen atoms in total. The lowest BCUT2D eigenvalue weighted by molar-refractivity contribution is 0.409. The molecule has 0 aromatic carbocycles. The predicted octanol–water partition coefficient (Wildman–Crippen LogP) is 0.135. The first kappa shape index (κ1) is 9.85. The van der Waals surface area contributed by atoms with Gasteiger partial charge in [-0.2, -0.15) is 10.1 Å². The van der Waals surface area contributed by atoms with Crippen LogP contribution < -0.4 is 5.32 Å². The Morgan fingerprint density at radius 3 is 3.13 bits per heavy atom. The molecule has 0 atom stereocenters. The average Bonchev–Trinajstić information content (AvgIpc) is 2.85. The lowest BCUT2D eigenvalue weighted by atomic mass is 10.3. The van der Waals surface area contributed by atoms with Gasteiger partial charge in [0.2, 0.25) is 6.39 Å². The first-order valence-corrected chi connectivity index (χ1v) is 4.79. The number of nitrogens with one attached hydrogen (secondary N) is 1. The number of rotatable bonds is 5. The van der Waals surface area contributed by atoms with E-state index < -0.39 is 0 Å². The van der Waals surface area contributed by atoms with Crippen molar-refractivity contribution < 1.29 is 4.52 Å². The van der Waals surface area contributed by atoms with Crippen molar-refractivity contribution in [2.24, 2.45) is 7.05 Å². The highest BCUT2D eigenvalue weighted by Crippen LogP contribution is 1.95. The number of hydrogen-bond donors (Lipinski definition) is 1. The third-order valence-electron chi connectivity index (χ3n) is 2.16. The monoisotopic (exact) mass is 207 g/mol. The predicted molar refractivity (Wildman–Crippen MR) is 52.9 cm³/mol. The van der Waals surface area contributed by atoms with Crippen molar-refractivity contribution in [2.75, 3.05) is 6.54 Å². The fourth-order valence-corrected chi connectivity index (χ4v) is 1.29. The van der Waals surface area contributed by atoms with Gasteiger partial charge in [0.25, 0.3) is 0 Å². The van der Waals surface area contributed by atoms with Crippen molar-refractivity contribution in [2.45, 2.75) is 13.0 Å². The molecular weight excluding hydrogens is 194 g/mol. The second-order valence-electron chi connectivity index (χ2n) is 3.22. The van der Waals surface area contributed by atoms with Crippen LogP contribution in [0.2, 0.25) is 0 Å². The van der Waals surface area contributed by atoms with E-state index in [0.29, 0.717) is 0 Å². The summed E-state index contributed by atoms with van der Waals surface area (Å²) in [4.78, 5) is 3.93. The number of hydrogen-bond acceptors (Lipinski definition) is 5. The molecule has 15 heavy (non-hydrogen) atoms. The third kappa shape index (κ3) is 2.63. The van der Waals surface area contributed by atoms with Crippen LogP contribution in [0.1, 0.15) is 11.5 Å².